The standard InChI is InChI=1S/C22H26ClNO4/c1-22(2,3)28-21(25)24-12-11-18(14-24)27-19-10-9-17(23)13-20(19)26-15-16-7-5-4-6-8-16/h4-10,13,18H,11-12,14-15H2,1-3H3. The Morgan fingerprint density at radius 3 is 2.61 bits per heavy atom. The summed E-state index contributed by atoms with van der Waals surface area (Å²) in [6.45, 7) is 7.09. The molecular formula is C22H26ClNO4. The van der Waals surface area contributed by atoms with Gasteiger partial charge in [0.2, 0.25) is 0 Å². The highest BCUT2D eigenvalue weighted by atomic mass is 35.5. The van der Waals surface area contributed by atoms with Crippen LogP contribution in [-0.4, -0.2) is 35.8 Å². The smallest absolute Gasteiger partial charge is 0.410 e. The fourth-order valence-corrected chi connectivity index (χ4v) is 3.09. The van der Waals surface area contributed by atoms with Crippen molar-refractivity contribution in [2.75, 3.05) is 13.1 Å². The molecule has 0 aromatic heterocycles. The topological polar surface area (TPSA) is 48.0 Å². The van der Waals surface area contributed by atoms with Gasteiger partial charge in [-0.25, -0.2) is 4.79 Å². The number of likely N-dealkylation sites (tertiary alicyclic amines) is 1. The van der Waals surface area contributed by atoms with Crippen LogP contribution in [0.4, 0.5) is 4.79 Å². The van der Waals surface area contributed by atoms with E-state index in [0.29, 0.717) is 36.2 Å². The highest BCUT2D eigenvalue weighted by molar-refractivity contribution is 6.30. The Kier molecular flexibility index (Phi) is 6.35. The predicted octanol–water partition coefficient (Wildman–Crippen LogP) is 5.31. The molecule has 0 spiro atoms. The lowest BCUT2D eigenvalue weighted by Crippen LogP contribution is -2.36. The second kappa shape index (κ2) is 8.74. The van der Waals surface area contributed by atoms with E-state index < -0.39 is 5.60 Å². The maximum absolute atomic E-state index is 12.2. The first kappa shape index (κ1) is 20.3. The second-order valence-electron chi connectivity index (χ2n) is 7.82. The molecule has 1 fully saturated rings. The van der Waals surface area contributed by atoms with E-state index in [1.807, 2.05) is 51.1 Å². The van der Waals surface area contributed by atoms with Crippen LogP contribution in [0, 0.1) is 0 Å². The molecule has 1 atom stereocenters. The van der Waals surface area contributed by atoms with Crippen LogP contribution in [0.1, 0.15) is 32.8 Å². The van der Waals surface area contributed by atoms with Gasteiger partial charge in [-0.3, -0.25) is 0 Å². The number of carbonyl (C=O) groups is 1. The van der Waals surface area contributed by atoms with Gasteiger partial charge in [0.15, 0.2) is 11.5 Å². The lowest BCUT2D eigenvalue weighted by atomic mass is 10.2. The first-order valence-corrected chi connectivity index (χ1v) is 9.79. The molecule has 1 aliphatic heterocycles. The number of ether oxygens (including phenoxy) is 3. The van der Waals surface area contributed by atoms with Gasteiger partial charge in [-0.2, -0.15) is 0 Å². The van der Waals surface area contributed by atoms with Gasteiger partial charge in [-0.1, -0.05) is 41.9 Å². The minimum absolute atomic E-state index is 0.118. The molecule has 5 nitrogen and oxygen atoms in total. The Balaban J connectivity index is 1.62. The fraction of sp³-hybridized carbons (Fsp3) is 0.409. The number of halogens is 1. The van der Waals surface area contributed by atoms with Crippen molar-refractivity contribution < 1.29 is 19.0 Å². The molecule has 1 heterocycles. The summed E-state index contributed by atoms with van der Waals surface area (Å²) >= 11 is 6.14. The maximum Gasteiger partial charge on any atom is 0.410 e. The molecular weight excluding hydrogens is 378 g/mol. The number of benzene rings is 2. The van der Waals surface area contributed by atoms with Gasteiger partial charge in [0, 0.05) is 24.1 Å². The number of hydrogen-bond donors (Lipinski definition) is 0. The van der Waals surface area contributed by atoms with Gasteiger partial charge in [-0.15, -0.1) is 0 Å². The van der Waals surface area contributed by atoms with Crippen LogP contribution in [0.2, 0.25) is 5.02 Å². The Hall–Kier alpha value is -2.40. The molecule has 0 aliphatic carbocycles. The highest BCUT2D eigenvalue weighted by Crippen LogP contribution is 2.33. The average molecular weight is 404 g/mol. The number of nitrogens with zero attached hydrogens (tertiary/aromatic N) is 1. The molecule has 3 rings (SSSR count). The van der Waals surface area contributed by atoms with E-state index in [2.05, 4.69) is 0 Å². The zero-order chi connectivity index (χ0) is 20.1. The first-order chi connectivity index (χ1) is 13.3. The third-order valence-electron chi connectivity index (χ3n) is 4.23. The van der Waals surface area contributed by atoms with E-state index in [1.54, 1.807) is 23.1 Å². The van der Waals surface area contributed by atoms with Crippen LogP contribution >= 0.6 is 11.6 Å². The zero-order valence-corrected chi connectivity index (χ0v) is 17.2. The Labute approximate surface area is 171 Å². The summed E-state index contributed by atoms with van der Waals surface area (Å²) in [7, 11) is 0. The molecule has 1 amide bonds. The van der Waals surface area contributed by atoms with Gasteiger partial charge < -0.3 is 19.1 Å². The van der Waals surface area contributed by atoms with Crippen molar-refractivity contribution >= 4 is 17.7 Å². The van der Waals surface area contributed by atoms with Gasteiger partial charge in [0.25, 0.3) is 0 Å². The molecule has 1 aliphatic rings. The van der Waals surface area contributed by atoms with E-state index in [-0.39, 0.29) is 12.2 Å². The van der Waals surface area contributed by atoms with Gasteiger partial charge in [0.1, 0.15) is 18.3 Å². The molecule has 0 radical (unpaired) electrons. The molecule has 1 unspecified atom stereocenters. The van der Waals surface area contributed by atoms with E-state index in [1.165, 1.54) is 0 Å². The van der Waals surface area contributed by atoms with E-state index >= 15 is 0 Å². The van der Waals surface area contributed by atoms with Crippen molar-refractivity contribution in [3.63, 3.8) is 0 Å². The van der Waals surface area contributed by atoms with Crippen molar-refractivity contribution in [1.82, 2.24) is 4.90 Å². The van der Waals surface area contributed by atoms with Gasteiger partial charge >= 0.3 is 6.09 Å². The third-order valence-corrected chi connectivity index (χ3v) is 4.47. The SMILES string of the molecule is CC(C)(C)OC(=O)N1CCC(Oc2ccc(Cl)cc2OCc2ccccc2)C1. The van der Waals surface area contributed by atoms with Crippen molar-refractivity contribution in [3.8, 4) is 11.5 Å². The Morgan fingerprint density at radius 1 is 1.14 bits per heavy atom. The number of carbonyl (C=O) groups excluding carboxylic acids is 1. The predicted molar refractivity (Wildman–Crippen MR) is 109 cm³/mol. The third kappa shape index (κ3) is 5.80. The summed E-state index contributed by atoms with van der Waals surface area (Å²) < 4.78 is 17.5. The van der Waals surface area contributed by atoms with Gasteiger partial charge in [-0.05, 0) is 38.5 Å². The van der Waals surface area contributed by atoms with Crippen molar-refractivity contribution in [3.05, 3.63) is 59.1 Å². The molecule has 0 bridgehead atoms. The van der Waals surface area contributed by atoms with Crippen LogP contribution in [0.3, 0.4) is 0 Å². The van der Waals surface area contributed by atoms with Crippen LogP contribution in [0.5, 0.6) is 11.5 Å². The average Bonchev–Trinajstić information content (AvgIpc) is 3.10. The maximum atomic E-state index is 12.2. The molecule has 2 aromatic rings. The Morgan fingerprint density at radius 2 is 1.89 bits per heavy atom. The normalized spacial score (nSPS) is 16.7. The monoisotopic (exact) mass is 403 g/mol. The lowest BCUT2D eigenvalue weighted by Gasteiger charge is -2.24. The number of rotatable bonds is 5. The highest BCUT2D eigenvalue weighted by Gasteiger charge is 2.31. The molecule has 1 saturated heterocycles. The minimum Gasteiger partial charge on any atom is -0.485 e. The summed E-state index contributed by atoms with van der Waals surface area (Å²) in [6, 6.07) is 15.2. The summed E-state index contributed by atoms with van der Waals surface area (Å²) in [6.07, 6.45) is 0.308. The van der Waals surface area contributed by atoms with Crippen LogP contribution in [-0.2, 0) is 11.3 Å². The van der Waals surface area contributed by atoms with Crippen LogP contribution in [0.15, 0.2) is 48.5 Å². The summed E-state index contributed by atoms with van der Waals surface area (Å²) in [5.74, 6) is 1.21. The molecule has 0 N–H and O–H groups in total. The van der Waals surface area contributed by atoms with E-state index in [9.17, 15) is 4.79 Å². The molecule has 2 aromatic carbocycles. The zero-order valence-electron chi connectivity index (χ0n) is 16.5. The van der Waals surface area contributed by atoms with Crippen LogP contribution in [0.25, 0.3) is 0 Å². The van der Waals surface area contributed by atoms with Gasteiger partial charge in [0.05, 0.1) is 6.54 Å². The molecule has 28 heavy (non-hydrogen) atoms. The van der Waals surface area contributed by atoms with Crippen molar-refractivity contribution in [1.29, 1.82) is 0 Å². The molecule has 6 heteroatoms. The number of amides is 1. The summed E-state index contributed by atoms with van der Waals surface area (Å²) in [5, 5.41) is 0.581. The van der Waals surface area contributed by atoms with E-state index in [0.717, 1.165) is 12.0 Å². The van der Waals surface area contributed by atoms with Crippen molar-refractivity contribution in [2.45, 2.75) is 45.5 Å². The fourth-order valence-electron chi connectivity index (χ4n) is 2.92. The lowest BCUT2D eigenvalue weighted by molar-refractivity contribution is 0.0275. The first-order valence-electron chi connectivity index (χ1n) is 9.41. The molecule has 0 saturated carbocycles. The largest absolute Gasteiger partial charge is 0.485 e. The summed E-state index contributed by atoms with van der Waals surface area (Å²) in [4.78, 5) is 13.9. The second-order valence-corrected chi connectivity index (χ2v) is 8.26. The number of hydrogen-bond acceptors (Lipinski definition) is 4. The summed E-state index contributed by atoms with van der Waals surface area (Å²) in [5.41, 5.74) is 0.551. The Bertz CT molecular complexity index is 804. The van der Waals surface area contributed by atoms with Crippen molar-refractivity contribution in [2.24, 2.45) is 0 Å². The van der Waals surface area contributed by atoms with E-state index in [4.69, 9.17) is 25.8 Å². The quantitative estimate of drug-likeness (QED) is 0.679. The minimum atomic E-state index is -0.509. The van der Waals surface area contributed by atoms with Crippen LogP contribution < -0.4 is 9.47 Å². The molecule has 150 valence electrons.